The summed E-state index contributed by atoms with van der Waals surface area (Å²) in [5, 5.41) is 6.77. The number of amides is 1. The van der Waals surface area contributed by atoms with Crippen LogP contribution in [0.1, 0.15) is 40.3 Å². The molecule has 40 heavy (non-hydrogen) atoms. The van der Waals surface area contributed by atoms with Crippen molar-refractivity contribution in [2.24, 2.45) is 0 Å². The van der Waals surface area contributed by atoms with Crippen molar-refractivity contribution >= 4 is 34.9 Å². The fraction of sp³-hybridized carbons (Fsp3) is 0.200. The number of nitrogens with one attached hydrogen (secondary N) is 2. The number of pyridine rings is 1. The van der Waals surface area contributed by atoms with Crippen LogP contribution in [0.4, 0.5) is 5.69 Å². The monoisotopic (exact) mass is 556 g/mol. The number of carbonyl (C=O) groups excluding carboxylic acids is 2. The first-order valence-electron chi connectivity index (χ1n) is 12.7. The van der Waals surface area contributed by atoms with Crippen LogP contribution in [-0.2, 0) is 9.53 Å². The highest BCUT2D eigenvalue weighted by Crippen LogP contribution is 2.40. The number of esters is 1. The van der Waals surface area contributed by atoms with Gasteiger partial charge in [-0.25, -0.2) is 4.79 Å². The molecule has 5 rings (SSSR count). The molecule has 10 heteroatoms. The standard InChI is InChI=1S/C30H28N4O5S/c1-37-24-12-4-3-10-21(24)32-26(35)15-17-34-28(27(33-30(34)40)22-11-5-6-16-31-22)25-14-13-23(39-25)19-8-7-9-20(18-19)29(36)38-2/h3-14,16,18,27-28H,15,17H2,1-2H3,(H,32,35)(H,33,40)/t27-,28+/m1/s1. The minimum Gasteiger partial charge on any atom is -0.495 e. The van der Waals surface area contributed by atoms with Crippen molar-refractivity contribution in [1.82, 2.24) is 15.2 Å². The average Bonchev–Trinajstić information content (AvgIpc) is 3.61. The van der Waals surface area contributed by atoms with E-state index in [0.29, 0.717) is 40.2 Å². The number of carbonyl (C=O) groups is 2. The highest BCUT2D eigenvalue weighted by Gasteiger charge is 2.41. The molecule has 1 aliphatic rings. The van der Waals surface area contributed by atoms with Gasteiger partial charge in [0.05, 0.1) is 37.2 Å². The van der Waals surface area contributed by atoms with Crippen molar-refractivity contribution in [3.63, 3.8) is 0 Å². The lowest BCUT2D eigenvalue weighted by atomic mass is 10.0. The number of ether oxygens (including phenoxy) is 2. The molecule has 204 valence electrons. The summed E-state index contributed by atoms with van der Waals surface area (Å²) in [6.45, 7) is 0.342. The molecule has 0 radical (unpaired) electrons. The normalized spacial score (nSPS) is 16.4. The van der Waals surface area contributed by atoms with Crippen LogP contribution in [0.3, 0.4) is 0 Å². The second-order valence-corrected chi connectivity index (χ2v) is 9.48. The Labute approximate surface area is 237 Å². The van der Waals surface area contributed by atoms with E-state index >= 15 is 0 Å². The van der Waals surface area contributed by atoms with Crippen LogP contribution in [0.25, 0.3) is 11.3 Å². The molecular weight excluding hydrogens is 528 g/mol. The summed E-state index contributed by atoms with van der Waals surface area (Å²) in [5.41, 5.74) is 2.56. The number of nitrogens with zero attached hydrogens (tertiary/aromatic N) is 2. The number of furan rings is 1. The molecule has 4 aromatic rings. The Balaban J connectivity index is 1.40. The first kappa shape index (κ1) is 26.9. The van der Waals surface area contributed by atoms with Crippen molar-refractivity contribution in [1.29, 1.82) is 0 Å². The van der Waals surface area contributed by atoms with Crippen molar-refractivity contribution in [2.45, 2.75) is 18.5 Å². The van der Waals surface area contributed by atoms with E-state index in [2.05, 4.69) is 15.6 Å². The van der Waals surface area contributed by atoms with Crippen LogP contribution in [0.5, 0.6) is 5.75 Å². The lowest BCUT2D eigenvalue weighted by molar-refractivity contribution is -0.116. The lowest BCUT2D eigenvalue weighted by Gasteiger charge is -2.26. The molecule has 0 bridgehead atoms. The van der Waals surface area contributed by atoms with Crippen molar-refractivity contribution < 1.29 is 23.5 Å². The third-order valence-corrected chi connectivity index (χ3v) is 7.00. The van der Waals surface area contributed by atoms with Gasteiger partial charge in [-0.1, -0.05) is 30.3 Å². The van der Waals surface area contributed by atoms with E-state index < -0.39 is 5.97 Å². The fourth-order valence-corrected chi connectivity index (χ4v) is 5.05. The molecule has 0 unspecified atom stereocenters. The molecular formula is C30H28N4O5S. The summed E-state index contributed by atoms with van der Waals surface area (Å²) in [6, 6.07) is 23.1. The van der Waals surface area contributed by atoms with Gasteiger partial charge in [-0.05, 0) is 60.7 Å². The second kappa shape index (κ2) is 12.0. The SMILES string of the molecule is COC(=O)c1cccc(-c2ccc([C@H]3[C@@H](c4ccccn4)NC(=S)N3CCC(=O)Nc3ccccc3OC)o2)c1. The number of hydrogen-bond acceptors (Lipinski definition) is 7. The van der Waals surface area contributed by atoms with Crippen LogP contribution in [-0.4, -0.2) is 47.6 Å². The van der Waals surface area contributed by atoms with Crippen LogP contribution in [0.15, 0.2) is 89.5 Å². The Morgan fingerprint density at radius 2 is 1.88 bits per heavy atom. The number of benzene rings is 2. The quantitative estimate of drug-likeness (QED) is 0.214. The lowest BCUT2D eigenvalue weighted by Crippen LogP contribution is -2.32. The molecule has 0 aliphatic carbocycles. The molecule has 1 amide bonds. The zero-order valence-electron chi connectivity index (χ0n) is 22.0. The Bertz CT molecular complexity index is 1520. The number of para-hydroxylation sites is 2. The van der Waals surface area contributed by atoms with Gasteiger partial charge in [-0.2, -0.15) is 0 Å². The van der Waals surface area contributed by atoms with Gasteiger partial charge in [0.1, 0.15) is 23.3 Å². The van der Waals surface area contributed by atoms with E-state index in [0.717, 1.165) is 11.3 Å². The summed E-state index contributed by atoms with van der Waals surface area (Å²) in [6.07, 6.45) is 1.91. The molecule has 1 saturated heterocycles. The van der Waals surface area contributed by atoms with E-state index in [9.17, 15) is 9.59 Å². The second-order valence-electron chi connectivity index (χ2n) is 9.09. The smallest absolute Gasteiger partial charge is 0.337 e. The van der Waals surface area contributed by atoms with Crippen LogP contribution >= 0.6 is 12.2 Å². The third-order valence-electron chi connectivity index (χ3n) is 6.65. The Morgan fingerprint density at radius 1 is 1.05 bits per heavy atom. The van der Waals surface area contributed by atoms with E-state index in [4.69, 9.17) is 26.1 Å². The zero-order chi connectivity index (χ0) is 28.1. The molecule has 2 aromatic heterocycles. The van der Waals surface area contributed by atoms with E-state index in [1.165, 1.54) is 7.11 Å². The maximum Gasteiger partial charge on any atom is 0.337 e. The number of aromatic nitrogens is 1. The van der Waals surface area contributed by atoms with E-state index in [1.54, 1.807) is 43.6 Å². The number of rotatable bonds is 9. The molecule has 1 fully saturated rings. The molecule has 1 aliphatic heterocycles. The molecule has 2 N–H and O–H groups in total. The van der Waals surface area contributed by atoms with Crippen molar-refractivity contribution in [3.05, 3.63) is 102 Å². The summed E-state index contributed by atoms with van der Waals surface area (Å²) in [7, 11) is 2.91. The largest absolute Gasteiger partial charge is 0.495 e. The number of hydrogen-bond donors (Lipinski definition) is 2. The van der Waals surface area contributed by atoms with Crippen molar-refractivity contribution in [3.8, 4) is 17.1 Å². The average molecular weight is 557 g/mol. The molecule has 0 spiro atoms. The maximum atomic E-state index is 12.9. The summed E-state index contributed by atoms with van der Waals surface area (Å²) in [4.78, 5) is 31.4. The predicted octanol–water partition coefficient (Wildman–Crippen LogP) is 5.14. The van der Waals surface area contributed by atoms with Gasteiger partial charge < -0.3 is 29.4 Å². The first-order chi connectivity index (χ1) is 19.5. The fourth-order valence-electron chi connectivity index (χ4n) is 4.72. The van der Waals surface area contributed by atoms with Crippen molar-refractivity contribution in [2.75, 3.05) is 26.1 Å². The van der Waals surface area contributed by atoms with Gasteiger partial charge in [0.15, 0.2) is 5.11 Å². The van der Waals surface area contributed by atoms with Gasteiger partial charge in [0.2, 0.25) is 5.91 Å². The zero-order valence-corrected chi connectivity index (χ0v) is 22.8. The van der Waals surface area contributed by atoms with Gasteiger partial charge >= 0.3 is 5.97 Å². The van der Waals surface area contributed by atoms with Gasteiger partial charge in [0, 0.05) is 24.7 Å². The van der Waals surface area contributed by atoms with Crippen LogP contribution in [0, 0.1) is 0 Å². The highest BCUT2D eigenvalue weighted by atomic mass is 32.1. The Kier molecular flexibility index (Phi) is 8.07. The maximum absolute atomic E-state index is 12.9. The third kappa shape index (κ3) is 5.67. The minimum absolute atomic E-state index is 0.174. The van der Waals surface area contributed by atoms with Crippen LogP contribution < -0.4 is 15.4 Å². The summed E-state index contributed by atoms with van der Waals surface area (Å²) < 4.78 is 16.5. The molecule has 2 aromatic carbocycles. The molecule has 2 atom stereocenters. The predicted molar refractivity (Wildman–Crippen MR) is 154 cm³/mol. The molecule has 3 heterocycles. The summed E-state index contributed by atoms with van der Waals surface area (Å²) >= 11 is 5.72. The van der Waals surface area contributed by atoms with Gasteiger partial charge in [-0.15, -0.1) is 0 Å². The topological polar surface area (TPSA) is 106 Å². The minimum atomic E-state index is -0.424. The Hall–Kier alpha value is -4.70. The van der Waals surface area contributed by atoms with Crippen LogP contribution in [0.2, 0.25) is 0 Å². The number of anilines is 1. The first-order valence-corrected chi connectivity index (χ1v) is 13.1. The van der Waals surface area contributed by atoms with Gasteiger partial charge in [0.25, 0.3) is 0 Å². The number of thiocarbonyl (C=S) groups is 1. The van der Waals surface area contributed by atoms with Gasteiger partial charge in [-0.3, -0.25) is 9.78 Å². The highest BCUT2D eigenvalue weighted by molar-refractivity contribution is 7.80. The number of methoxy groups -OCH3 is 2. The van der Waals surface area contributed by atoms with E-state index in [1.807, 2.05) is 53.4 Å². The Morgan fingerprint density at radius 3 is 2.65 bits per heavy atom. The summed E-state index contributed by atoms with van der Waals surface area (Å²) in [5.74, 6) is 1.22. The van der Waals surface area contributed by atoms with E-state index in [-0.39, 0.29) is 24.4 Å². The molecule has 0 saturated carbocycles. The molecule has 9 nitrogen and oxygen atoms in total.